The minimum absolute atomic E-state index is 0.0679. The van der Waals surface area contributed by atoms with Gasteiger partial charge in [-0.15, -0.1) is 0 Å². The van der Waals surface area contributed by atoms with Crippen molar-refractivity contribution in [2.75, 3.05) is 12.0 Å². The molecular weight excluding hydrogens is 276 g/mol. The zero-order valence-corrected chi connectivity index (χ0v) is 14.9. The van der Waals surface area contributed by atoms with Gasteiger partial charge in [0.15, 0.2) is 0 Å². The van der Waals surface area contributed by atoms with Crippen molar-refractivity contribution < 1.29 is 4.79 Å². The summed E-state index contributed by atoms with van der Waals surface area (Å²) in [5.74, 6) is 3.08. The van der Waals surface area contributed by atoms with E-state index in [9.17, 15) is 4.79 Å². The molecular formula is C19H32OS. The highest BCUT2D eigenvalue weighted by molar-refractivity contribution is 8.34. The van der Waals surface area contributed by atoms with E-state index in [2.05, 4.69) is 20.1 Å². The van der Waals surface area contributed by atoms with Crippen LogP contribution in [0.1, 0.15) is 71.6 Å². The van der Waals surface area contributed by atoms with Crippen molar-refractivity contribution in [3.63, 3.8) is 0 Å². The first-order chi connectivity index (χ1) is 9.91. The molecule has 0 spiro atoms. The highest BCUT2D eigenvalue weighted by Crippen LogP contribution is 2.76. The predicted octanol–water partition coefficient (Wildman–Crippen LogP) is 4.92. The van der Waals surface area contributed by atoms with Crippen LogP contribution < -0.4 is 0 Å². The molecule has 21 heavy (non-hydrogen) atoms. The zero-order chi connectivity index (χ0) is 14.9. The van der Waals surface area contributed by atoms with E-state index in [-0.39, 0.29) is 5.41 Å². The Balaban J connectivity index is 1.73. The minimum Gasteiger partial charge on any atom is -0.299 e. The number of hydrogen-bond donors (Lipinski definition) is 0. The maximum Gasteiger partial charge on any atom is 0.139 e. The van der Waals surface area contributed by atoms with E-state index in [1.807, 2.05) is 0 Å². The molecule has 6 unspecified atom stereocenters. The van der Waals surface area contributed by atoms with Gasteiger partial charge in [-0.05, 0) is 67.1 Å². The summed E-state index contributed by atoms with van der Waals surface area (Å²) >= 11 is 0. The molecule has 0 aromatic carbocycles. The lowest BCUT2D eigenvalue weighted by Crippen LogP contribution is -2.56. The van der Waals surface area contributed by atoms with Crippen molar-refractivity contribution in [1.29, 1.82) is 0 Å². The summed E-state index contributed by atoms with van der Waals surface area (Å²) in [5, 5.41) is 1.73. The van der Waals surface area contributed by atoms with Gasteiger partial charge in [-0.2, -0.15) is 0 Å². The number of carbonyl (C=O) groups excluding carboxylic acids is 1. The molecule has 0 aromatic rings. The van der Waals surface area contributed by atoms with E-state index in [1.54, 1.807) is 0 Å². The first-order valence-electron chi connectivity index (χ1n) is 9.18. The standard InChI is InChI=1S/C19H32OS/c1-18-11-5-4-6-14(18)10-13-21(3)16-8-7-15(20)19(16,2)12-9-17(18)21/h14,16-17H,4-13H2,1-3H3. The SMILES string of the molecule is CC12CCC3C4(C)CCCCC4CCS3(C)C1CCC2=O. The third kappa shape index (κ3) is 1.75. The third-order valence-corrected chi connectivity index (χ3v) is 13.5. The fourth-order valence-corrected chi connectivity index (χ4v) is 13.1. The smallest absolute Gasteiger partial charge is 0.139 e. The summed E-state index contributed by atoms with van der Waals surface area (Å²) in [6.45, 7) is 4.97. The zero-order valence-electron chi connectivity index (χ0n) is 14.1. The number of rotatable bonds is 0. The van der Waals surface area contributed by atoms with Gasteiger partial charge in [0.05, 0.1) is 0 Å². The maximum absolute atomic E-state index is 12.5. The number of fused-ring (bicyclic) bond motifs is 5. The molecule has 6 atom stereocenters. The second kappa shape index (κ2) is 4.52. The Morgan fingerprint density at radius 2 is 1.81 bits per heavy atom. The molecule has 4 rings (SSSR count). The van der Waals surface area contributed by atoms with Gasteiger partial charge in [0.2, 0.25) is 0 Å². The van der Waals surface area contributed by atoms with E-state index < -0.39 is 10.0 Å². The fourth-order valence-electron chi connectivity index (χ4n) is 7.06. The number of ketones is 1. The van der Waals surface area contributed by atoms with E-state index in [4.69, 9.17) is 0 Å². The van der Waals surface area contributed by atoms with Crippen LogP contribution in [0.5, 0.6) is 0 Å². The van der Waals surface area contributed by atoms with Crippen molar-refractivity contribution in [2.24, 2.45) is 16.7 Å². The van der Waals surface area contributed by atoms with Crippen molar-refractivity contribution in [3.8, 4) is 0 Å². The molecule has 2 heteroatoms. The Morgan fingerprint density at radius 1 is 1.00 bits per heavy atom. The summed E-state index contributed by atoms with van der Waals surface area (Å²) < 4.78 is 0. The molecule has 2 saturated heterocycles. The highest BCUT2D eigenvalue weighted by atomic mass is 32.3. The van der Waals surface area contributed by atoms with Gasteiger partial charge in [-0.3, -0.25) is 4.79 Å². The molecule has 0 bridgehead atoms. The minimum atomic E-state index is -0.601. The Bertz CT molecular complexity index is 474. The van der Waals surface area contributed by atoms with Gasteiger partial charge < -0.3 is 0 Å². The fraction of sp³-hybridized carbons (Fsp3) is 0.947. The summed E-state index contributed by atoms with van der Waals surface area (Å²) in [5.41, 5.74) is 0.687. The summed E-state index contributed by atoms with van der Waals surface area (Å²) in [6, 6.07) is 0. The Hall–Kier alpha value is 0.0200. The normalized spacial score (nSPS) is 59.6. The van der Waals surface area contributed by atoms with Gasteiger partial charge in [0.25, 0.3) is 0 Å². The molecule has 4 aliphatic rings. The van der Waals surface area contributed by atoms with Crippen molar-refractivity contribution in [3.05, 3.63) is 0 Å². The number of hydrogen-bond acceptors (Lipinski definition) is 1. The van der Waals surface area contributed by atoms with E-state index in [0.717, 1.165) is 22.8 Å². The average molecular weight is 309 g/mol. The molecule has 120 valence electrons. The lowest BCUT2D eigenvalue weighted by atomic mass is 9.62. The van der Waals surface area contributed by atoms with Crippen molar-refractivity contribution in [1.82, 2.24) is 0 Å². The monoisotopic (exact) mass is 308 g/mol. The highest BCUT2D eigenvalue weighted by Gasteiger charge is 2.62. The van der Waals surface area contributed by atoms with Crippen LogP contribution in [0.2, 0.25) is 0 Å². The van der Waals surface area contributed by atoms with Crippen LogP contribution in [-0.4, -0.2) is 28.3 Å². The van der Waals surface area contributed by atoms with Crippen molar-refractivity contribution in [2.45, 2.75) is 82.1 Å². The number of carbonyl (C=O) groups is 1. The van der Waals surface area contributed by atoms with E-state index in [0.29, 0.717) is 11.2 Å². The molecule has 1 nitrogen and oxygen atoms in total. The Morgan fingerprint density at radius 3 is 2.62 bits per heavy atom. The van der Waals surface area contributed by atoms with Crippen LogP contribution in [0.4, 0.5) is 0 Å². The molecule has 2 aliphatic carbocycles. The van der Waals surface area contributed by atoms with Gasteiger partial charge in [-0.1, -0.05) is 26.7 Å². The van der Waals surface area contributed by atoms with Crippen LogP contribution in [0.15, 0.2) is 0 Å². The molecule has 0 aromatic heterocycles. The quantitative estimate of drug-likeness (QED) is 0.620. The topological polar surface area (TPSA) is 17.1 Å². The van der Waals surface area contributed by atoms with Crippen LogP contribution in [0, 0.1) is 16.7 Å². The van der Waals surface area contributed by atoms with E-state index >= 15 is 0 Å². The van der Waals surface area contributed by atoms with Crippen molar-refractivity contribution >= 4 is 15.8 Å². The second-order valence-electron chi connectivity index (χ2n) is 9.07. The van der Waals surface area contributed by atoms with E-state index in [1.165, 1.54) is 57.1 Å². The molecule has 0 radical (unpaired) electrons. The van der Waals surface area contributed by atoms with Gasteiger partial charge >= 0.3 is 0 Å². The van der Waals surface area contributed by atoms with Crippen LogP contribution in [0.3, 0.4) is 0 Å². The lowest BCUT2D eigenvalue weighted by Gasteiger charge is -2.67. The van der Waals surface area contributed by atoms with Gasteiger partial charge in [0.1, 0.15) is 5.78 Å². The summed E-state index contributed by atoms with van der Waals surface area (Å²) in [4.78, 5) is 12.5. The lowest BCUT2D eigenvalue weighted by molar-refractivity contribution is -0.125. The third-order valence-electron chi connectivity index (χ3n) is 8.30. The van der Waals surface area contributed by atoms with Gasteiger partial charge in [-0.25, -0.2) is 10.0 Å². The Kier molecular flexibility index (Phi) is 3.14. The molecule has 0 amide bonds. The maximum atomic E-state index is 12.5. The van der Waals surface area contributed by atoms with Crippen LogP contribution in [-0.2, 0) is 4.79 Å². The first-order valence-corrected chi connectivity index (χ1v) is 11.5. The number of Topliss-reactive ketones (excluding diaryl/α,β-unsaturated/α-hetero) is 1. The first kappa shape index (κ1) is 14.6. The molecule has 2 saturated carbocycles. The average Bonchev–Trinajstić information content (AvgIpc) is 2.75. The molecule has 2 heterocycles. The molecule has 0 N–H and O–H groups in total. The summed E-state index contributed by atoms with van der Waals surface area (Å²) in [7, 11) is -0.601. The second-order valence-corrected chi connectivity index (χ2v) is 13.1. The van der Waals surface area contributed by atoms with Crippen LogP contribution in [0.25, 0.3) is 0 Å². The molecule has 2 aliphatic heterocycles. The predicted molar refractivity (Wildman–Crippen MR) is 92.2 cm³/mol. The molecule has 4 fully saturated rings. The summed E-state index contributed by atoms with van der Waals surface area (Å²) in [6.07, 6.45) is 14.7. The van der Waals surface area contributed by atoms with Gasteiger partial charge in [0, 0.05) is 17.1 Å². The van der Waals surface area contributed by atoms with Crippen LogP contribution >= 0.6 is 10.0 Å². The largest absolute Gasteiger partial charge is 0.299 e. The Labute approximate surface area is 132 Å².